The lowest BCUT2D eigenvalue weighted by molar-refractivity contribution is 0.475. The minimum Gasteiger partial charge on any atom is -0.507 e. The van der Waals surface area contributed by atoms with Gasteiger partial charge in [-0.05, 0) is 47.7 Å². The van der Waals surface area contributed by atoms with Crippen LogP contribution in [0.4, 0.5) is 4.39 Å². The Morgan fingerprint density at radius 3 is 2.17 bits per heavy atom. The highest BCUT2D eigenvalue weighted by molar-refractivity contribution is 5.74. The van der Waals surface area contributed by atoms with Crippen LogP contribution in [0.5, 0.6) is 5.75 Å². The second kappa shape index (κ2) is 4.81. The molecule has 2 aromatic carbocycles. The second-order valence-electron chi connectivity index (χ2n) is 4.89. The first kappa shape index (κ1) is 12.6. The predicted molar refractivity (Wildman–Crippen MR) is 72.3 cm³/mol. The summed E-state index contributed by atoms with van der Waals surface area (Å²) in [6.45, 7) is 6.14. The van der Waals surface area contributed by atoms with Crippen LogP contribution in [0.1, 0.15) is 30.9 Å². The molecule has 1 nitrogen and oxygen atoms in total. The van der Waals surface area contributed by atoms with Gasteiger partial charge in [0, 0.05) is 5.56 Å². The van der Waals surface area contributed by atoms with E-state index in [0.717, 1.165) is 22.3 Å². The van der Waals surface area contributed by atoms with Gasteiger partial charge in [-0.1, -0.05) is 32.0 Å². The van der Waals surface area contributed by atoms with Gasteiger partial charge in [0.2, 0.25) is 0 Å². The molecule has 0 atom stereocenters. The van der Waals surface area contributed by atoms with Crippen molar-refractivity contribution in [3.8, 4) is 16.9 Å². The lowest BCUT2D eigenvalue weighted by atomic mass is 9.93. The molecule has 0 heterocycles. The SMILES string of the molecule is Cc1cc(C(C)C)cc(O)c1-c1ccc(F)cc1. The van der Waals surface area contributed by atoms with E-state index >= 15 is 0 Å². The molecule has 0 radical (unpaired) electrons. The highest BCUT2D eigenvalue weighted by Crippen LogP contribution is 2.35. The van der Waals surface area contributed by atoms with E-state index in [0.29, 0.717) is 5.92 Å². The van der Waals surface area contributed by atoms with E-state index in [9.17, 15) is 9.50 Å². The van der Waals surface area contributed by atoms with Crippen LogP contribution in [0.25, 0.3) is 11.1 Å². The fourth-order valence-electron chi connectivity index (χ4n) is 2.12. The molecule has 0 unspecified atom stereocenters. The first-order valence-corrected chi connectivity index (χ1v) is 6.08. The first-order chi connectivity index (χ1) is 8.49. The Labute approximate surface area is 107 Å². The summed E-state index contributed by atoms with van der Waals surface area (Å²) in [6, 6.07) is 10.0. The van der Waals surface area contributed by atoms with Crippen molar-refractivity contribution >= 4 is 0 Å². The van der Waals surface area contributed by atoms with Crippen molar-refractivity contribution in [2.24, 2.45) is 0 Å². The molecule has 0 aliphatic rings. The van der Waals surface area contributed by atoms with Gasteiger partial charge in [-0.3, -0.25) is 0 Å². The molecule has 1 N–H and O–H groups in total. The van der Waals surface area contributed by atoms with Crippen LogP contribution in [0, 0.1) is 12.7 Å². The Balaban J connectivity index is 2.55. The molecule has 18 heavy (non-hydrogen) atoms. The number of benzene rings is 2. The van der Waals surface area contributed by atoms with Crippen molar-refractivity contribution in [2.45, 2.75) is 26.7 Å². The van der Waals surface area contributed by atoms with E-state index in [4.69, 9.17) is 0 Å². The predicted octanol–water partition coefficient (Wildman–Crippen LogP) is 4.63. The maximum atomic E-state index is 12.9. The highest BCUT2D eigenvalue weighted by atomic mass is 19.1. The Kier molecular flexibility index (Phi) is 3.37. The van der Waals surface area contributed by atoms with Crippen molar-refractivity contribution in [3.63, 3.8) is 0 Å². The number of hydrogen-bond donors (Lipinski definition) is 1. The zero-order valence-electron chi connectivity index (χ0n) is 10.9. The minimum absolute atomic E-state index is 0.255. The summed E-state index contributed by atoms with van der Waals surface area (Å²) in [5, 5.41) is 10.2. The summed E-state index contributed by atoms with van der Waals surface area (Å²) in [6.07, 6.45) is 0. The molecule has 0 saturated heterocycles. The maximum Gasteiger partial charge on any atom is 0.123 e. The van der Waals surface area contributed by atoms with Gasteiger partial charge in [-0.2, -0.15) is 0 Å². The molecule has 2 aromatic rings. The van der Waals surface area contributed by atoms with E-state index < -0.39 is 0 Å². The summed E-state index contributed by atoms with van der Waals surface area (Å²) >= 11 is 0. The van der Waals surface area contributed by atoms with Gasteiger partial charge >= 0.3 is 0 Å². The quantitative estimate of drug-likeness (QED) is 0.816. The normalized spacial score (nSPS) is 10.9. The maximum absolute atomic E-state index is 12.9. The van der Waals surface area contributed by atoms with E-state index in [-0.39, 0.29) is 11.6 Å². The van der Waals surface area contributed by atoms with Crippen LogP contribution in [-0.2, 0) is 0 Å². The zero-order valence-corrected chi connectivity index (χ0v) is 10.9. The van der Waals surface area contributed by atoms with Crippen LogP contribution in [0.2, 0.25) is 0 Å². The number of rotatable bonds is 2. The third-order valence-corrected chi connectivity index (χ3v) is 3.14. The Morgan fingerprint density at radius 1 is 1.06 bits per heavy atom. The van der Waals surface area contributed by atoms with Crippen LogP contribution in [-0.4, -0.2) is 5.11 Å². The molecule has 2 heteroatoms. The number of halogens is 1. The van der Waals surface area contributed by atoms with Gasteiger partial charge in [0.1, 0.15) is 11.6 Å². The number of hydrogen-bond acceptors (Lipinski definition) is 1. The van der Waals surface area contributed by atoms with Crippen LogP contribution < -0.4 is 0 Å². The molecule has 0 fully saturated rings. The standard InChI is InChI=1S/C16H17FO/c1-10(2)13-8-11(3)16(15(18)9-13)12-4-6-14(17)7-5-12/h4-10,18H,1-3H3. The van der Waals surface area contributed by atoms with Crippen LogP contribution in [0.15, 0.2) is 36.4 Å². The van der Waals surface area contributed by atoms with Gasteiger partial charge in [0.25, 0.3) is 0 Å². The summed E-state index contributed by atoms with van der Waals surface area (Å²) in [4.78, 5) is 0. The van der Waals surface area contributed by atoms with E-state index in [1.54, 1.807) is 18.2 Å². The molecular formula is C16H17FO. The van der Waals surface area contributed by atoms with E-state index in [1.165, 1.54) is 12.1 Å². The number of phenolic OH excluding ortho intramolecular Hbond substituents is 1. The molecule has 0 aliphatic heterocycles. The average Bonchev–Trinajstić information content (AvgIpc) is 2.30. The molecule has 0 saturated carbocycles. The smallest absolute Gasteiger partial charge is 0.123 e. The molecule has 0 spiro atoms. The summed E-state index contributed by atoms with van der Waals surface area (Å²) in [7, 11) is 0. The third-order valence-electron chi connectivity index (χ3n) is 3.14. The Hall–Kier alpha value is -1.83. The topological polar surface area (TPSA) is 20.2 Å². The molecular weight excluding hydrogens is 227 g/mol. The van der Waals surface area contributed by atoms with Crippen LogP contribution >= 0.6 is 0 Å². The number of phenols is 1. The van der Waals surface area contributed by atoms with Crippen LogP contribution in [0.3, 0.4) is 0 Å². The van der Waals surface area contributed by atoms with E-state index in [2.05, 4.69) is 19.9 Å². The monoisotopic (exact) mass is 244 g/mol. The second-order valence-corrected chi connectivity index (χ2v) is 4.89. The fraction of sp³-hybridized carbons (Fsp3) is 0.250. The lowest BCUT2D eigenvalue weighted by Crippen LogP contribution is -1.92. The van der Waals surface area contributed by atoms with Crippen molar-refractivity contribution in [3.05, 3.63) is 53.3 Å². The summed E-state index contributed by atoms with van der Waals surface area (Å²) in [5.41, 5.74) is 3.72. The highest BCUT2D eigenvalue weighted by Gasteiger charge is 2.11. The van der Waals surface area contributed by atoms with E-state index in [1.807, 2.05) is 6.92 Å². The zero-order chi connectivity index (χ0) is 13.3. The molecule has 0 aromatic heterocycles. The minimum atomic E-state index is -0.269. The van der Waals surface area contributed by atoms with Gasteiger partial charge in [-0.15, -0.1) is 0 Å². The van der Waals surface area contributed by atoms with Crippen molar-refractivity contribution in [1.82, 2.24) is 0 Å². The van der Waals surface area contributed by atoms with Gasteiger partial charge in [0.15, 0.2) is 0 Å². The summed E-state index contributed by atoms with van der Waals surface area (Å²) < 4.78 is 12.9. The lowest BCUT2D eigenvalue weighted by Gasteiger charge is -2.13. The molecule has 2 rings (SSSR count). The van der Waals surface area contributed by atoms with Gasteiger partial charge in [-0.25, -0.2) is 4.39 Å². The molecule has 94 valence electrons. The van der Waals surface area contributed by atoms with Gasteiger partial charge in [0.05, 0.1) is 0 Å². The average molecular weight is 244 g/mol. The molecule has 0 bridgehead atoms. The third kappa shape index (κ3) is 2.37. The fourth-order valence-corrected chi connectivity index (χ4v) is 2.12. The Bertz CT molecular complexity index is 533. The first-order valence-electron chi connectivity index (χ1n) is 6.08. The summed E-state index contributed by atoms with van der Waals surface area (Å²) in [5.74, 6) is 0.358. The number of aromatic hydroxyl groups is 1. The molecule has 0 amide bonds. The molecule has 0 aliphatic carbocycles. The van der Waals surface area contributed by atoms with Crippen molar-refractivity contribution in [2.75, 3.05) is 0 Å². The van der Waals surface area contributed by atoms with Crippen molar-refractivity contribution < 1.29 is 9.50 Å². The number of aryl methyl sites for hydroxylation is 1. The Morgan fingerprint density at radius 2 is 1.67 bits per heavy atom. The van der Waals surface area contributed by atoms with Gasteiger partial charge < -0.3 is 5.11 Å². The van der Waals surface area contributed by atoms with Crippen molar-refractivity contribution in [1.29, 1.82) is 0 Å². The largest absolute Gasteiger partial charge is 0.507 e.